The molecule has 2 aromatic rings. The summed E-state index contributed by atoms with van der Waals surface area (Å²) in [6, 6.07) is 14.8. The zero-order valence-electron chi connectivity index (χ0n) is 22.3. The summed E-state index contributed by atoms with van der Waals surface area (Å²) in [7, 11) is 0. The highest BCUT2D eigenvalue weighted by Crippen LogP contribution is 2.48. The summed E-state index contributed by atoms with van der Waals surface area (Å²) in [6.45, 7) is 6.25. The first-order valence-electron chi connectivity index (χ1n) is 13.7. The van der Waals surface area contributed by atoms with Crippen molar-refractivity contribution >= 4 is 35.3 Å². The van der Waals surface area contributed by atoms with Gasteiger partial charge in [-0.15, -0.1) is 0 Å². The molecule has 9 nitrogen and oxygen atoms in total. The Hall–Kier alpha value is -3.76. The molecule has 5 atom stereocenters. The van der Waals surface area contributed by atoms with Gasteiger partial charge < -0.3 is 26.0 Å². The second-order valence-electron chi connectivity index (χ2n) is 10.6. The third-order valence-corrected chi connectivity index (χ3v) is 9.45. The van der Waals surface area contributed by atoms with Gasteiger partial charge in [0.25, 0.3) is 5.91 Å². The molecule has 2 saturated heterocycles. The molecule has 3 aliphatic heterocycles. The van der Waals surface area contributed by atoms with Gasteiger partial charge in [0.1, 0.15) is 11.5 Å². The summed E-state index contributed by atoms with van der Waals surface area (Å²) in [5.74, 6) is 0.973. The summed E-state index contributed by atoms with van der Waals surface area (Å²) in [4.78, 5) is 41.4. The number of carbonyl (C=O) groups is 3. The molecule has 3 unspecified atom stereocenters. The quantitative estimate of drug-likeness (QED) is 0.383. The van der Waals surface area contributed by atoms with Crippen molar-refractivity contribution in [1.82, 2.24) is 21.3 Å². The number of benzene rings is 2. The van der Waals surface area contributed by atoms with Crippen LogP contribution < -0.4 is 30.9 Å². The molecule has 4 N–H and O–H groups in total. The number of para-hydroxylation sites is 1. The van der Waals surface area contributed by atoms with E-state index in [-0.39, 0.29) is 47.3 Å². The third kappa shape index (κ3) is 4.97. The van der Waals surface area contributed by atoms with E-state index in [4.69, 9.17) is 4.74 Å². The van der Waals surface area contributed by atoms with Gasteiger partial charge in [0.15, 0.2) is 0 Å². The smallest absolute Gasteiger partial charge is 0.326 e. The largest absolute Gasteiger partial charge is 0.457 e. The minimum absolute atomic E-state index is 0.0153. The van der Waals surface area contributed by atoms with Gasteiger partial charge >= 0.3 is 6.03 Å². The van der Waals surface area contributed by atoms with E-state index >= 15 is 0 Å². The van der Waals surface area contributed by atoms with Gasteiger partial charge in [0, 0.05) is 29.4 Å². The molecular weight excluding hydrogens is 526 g/mol. The van der Waals surface area contributed by atoms with E-state index in [0.29, 0.717) is 16.4 Å². The Kier molecular flexibility index (Phi) is 7.29. The Balaban J connectivity index is 1.22. The number of anilines is 1. The van der Waals surface area contributed by atoms with E-state index in [0.717, 1.165) is 49.2 Å². The minimum Gasteiger partial charge on any atom is -0.457 e. The molecule has 4 amide bonds. The summed E-state index contributed by atoms with van der Waals surface area (Å²) in [5.41, 5.74) is 2.46. The van der Waals surface area contributed by atoms with Crippen molar-refractivity contribution in [1.29, 1.82) is 0 Å². The number of hydrogen-bond donors (Lipinski definition) is 4. The van der Waals surface area contributed by atoms with Crippen molar-refractivity contribution in [3.63, 3.8) is 0 Å². The Bertz CT molecular complexity index is 1380. The Morgan fingerprint density at radius 2 is 1.85 bits per heavy atom. The average molecular weight is 560 g/mol. The van der Waals surface area contributed by atoms with Gasteiger partial charge in [-0.2, -0.15) is 0 Å². The topological polar surface area (TPSA) is 112 Å². The van der Waals surface area contributed by atoms with Crippen molar-refractivity contribution in [3.8, 4) is 11.5 Å². The van der Waals surface area contributed by atoms with E-state index in [1.807, 2.05) is 60.4 Å². The van der Waals surface area contributed by atoms with Crippen LogP contribution in [0.3, 0.4) is 0 Å². The number of aryl methyl sites for hydroxylation is 1. The van der Waals surface area contributed by atoms with Crippen LogP contribution in [-0.2, 0) is 9.59 Å². The summed E-state index contributed by atoms with van der Waals surface area (Å²) in [5, 5.41) is 12.7. The highest BCUT2D eigenvalue weighted by molar-refractivity contribution is 8.04. The number of hydrogen-bond acceptors (Lipinski definition) is 6. The van der Waals surface area contributed by atoms with Crippen LogP contribution in [0.1, 0.15) is 31.2 Å². The number of piperidine rings is 1. The van der Waals surface area contributed by atoms with E-state index in [1.54, 1.807) is 0 Å². The monoisotopic (exact) mass is 559 g/mol. The van der Waals surface area contributed by atoms with Gasteiger partial charge in [-0.1, -0.05) is 36.5 Å². The van der Waals surface area contributed by atoms with Gasteiger partial charge in [-0.05, 0) is 81.1 Å². The van der Waals surface area contributed by atoms with Crippen LogP contribution in [0.15, 0.2) is 71.8 Å². The fourth-order valence-corrected chi connectivity index (χ4v) is 7.67. The first-order valence-corrected chi connectivity index (χ1v) is 14.6. The number of carbonyl (C=O) groups excluding carboxylic acids is 3. The summed E-state index contributed by atoms with van der Waals surface area (Å²) in [6.07, 6.45) is 4.53. The second kappa shape index (κ2) is 11.0. The molecule has 3 fully saturated rings. The first-order chi connectivity index (χ1) is 19.4. The van der Waals surface area contributed by atoms with Gasteiger partial charge in [0.05, 0.1) is 16.3 Å². The lowest BCUT2D eigenvalue weighted by molar-refractivity contribution is -0.119. The lowest BCUT2D eigenvalue weighted by Gasteiger charge is -2.46. The average Bonchev–Trinajstić information content (AvgIpc) is 3.55. The zero-order chi connectivity index (χ0) is 27.8. The molecule has 0 bridgehead atoms. The molecule has 1 aliphatic carbocycles. The van der Waals surface area contributed by atoms with Crippen LogP contribution in [0, 0.1) is 12.8 Å². The van der Waals surface area contributed by atoms with Crippen LogP contribution in [0.2, 0.25) is 0 Å². The first kappa shape index (κ1) is 26.5. The molecule has 0 radical (unpaired) electrons. The molecule has 0 aromatic heterocycles. The van der Waals surface area contributed by atoms with E-state index < -0.39 is 0 Å². The zero-order valence-corrected chi connectivity index (χ0v) is 23.1. The fraction of sp³-hybridized carbons (Fsp3) is 0.367. The lowest BCUT2D eigenvalue weighted by atomic mass is 9.86. The van der Waals surface area contributed by atoms with Crippen LogP contribution in [-0.4, -0.2) is 47.9 Å². The molecule has 10 heteroatoms. The molecule has 0 spiro atoms. The number of urea groups is 1. The number of nitrogens with one attached hydrogen (secondary N) is 4. The van der Waals surface area contributed by atoms with Crippen LogP contribution in [0.4, 0.5) is 10.5 Å². The van der Waals surface area contributed by atoms with E-state index in [2.05, 4.69) is 27.8 Å². The standard InChI is InChI=1S/C30H33N5O4S/c1-3-24(36)32-20-10-7-11-21(20)33-28(37)27-26-25-23(14-15-31-29(25)40-27)35(30(38)34-26)22-13-12-19(16-17(22)2)39-18-8-5-4-6-9-18/h3-6,8-9,12-13,16,20-21,23,25,29,31H,1,7,10-11,14-15H2,2H3,(H,32,36)(H,33,37)(H,34,38)/t20-,21-,23?,25?,29?/m1/s1. The summed E-state index contributed by atoms with van der Waals surface area (Å²) < 4.78 is 6.00. The number of thioether (sulfide) groups is 1. The molecule has 4 aliphatic rings. The van der Waals surface area contributed by atoms with Crippen molar-refractivity contribution in [2.45, 2.75) is 56.1 Å². The summed E-state index contributed by atoms with van der Waals surface area (Å²) >= 11 is 1.48. The lowest BCUT2D eigenvalue weighted by Crippen LogP contribution is -2.62. The number of rotatable bonds is 7. The van der Waals surface area contributed by atoms with Gasteiger partial charge in [0.2, 0.25) is 5.91 Å². The van der Waals surface area contributed by atoms with Crippen LogP contribution in [0.5, 0.6) is 11.5 Å². The third-order valence-electron chi connectivity index (χ3n) is 8.10. The normalized spacial score (nSPS) is 27.1. The molecule has 208 valence electrons. The maximum atomic E-state index is 13.6. The van der Waals surface area contributed by atoms with Crippen molar-refractivity contribution in [2.75, 3.05) is 11.4 Å². The molecular formula is C30H33N5O4S. The van der Waals surface area contributed by atoms with Crippen molar-refractivity contribution in [2.24, 2.45) is 5.92 Å². The maximum absolute atomic E-state index is 13.6. The van der Waals surface area contributed by atoms with Crippen molar-refractivity contribution in [3.05, 3.63) is 77.4 Å². The molecule has 40 heavy (non-hydrogen) atoms. The minimum atomic E-state index is -0.240. The molecule has 2 aromatic carbocycles. The second-order valence-corrected chi connectivity index (χ2v) is 11.8. The van der Waals surface area contributed by atoms with Crippen LogP contribution in [0.25, 0.3) is 0 Å². The Morgan fingerprint density at radius 1 is 1.07 bits per heavy atom. The number of amides is 4. The SMILES string of the molecule is C=CC(=O)N[C@@H]1CCC[C@H]1NC(=O)C1=C2NC(=O)N(c3ccc(Oc4ccccc4)cc3C)C3CCNC(S1)C23. The van der Waals surface area contributed by atoms with E-state index in [1.165, 1.54) is 17.8 Å². The highest BCUT2D eigenvalue weighted by Gasteiger charge is 2.52. The highest BCUT2D eigenvalue weighted by atomic mass is 32.2. The number of ether oxygens (including phenoxy) is 1. The Labute approximate surface area is 237 Å². The molecule has 1 saturated carbocycles. The number of nitrogens with zero attached hydrogens (tertiary/aromatic N) is 1. The molecule has 6 rings (SSSR count). The van der Waals surface area contributed by atoms with Crippen LogP contribution >= 0.6 is 11.8 Å². The predicted octanol–water partition coefficient (Wildman–Crippen LogP) is 3.92. The fourth-order valence-electron chi connectivity index (χ4n) is 6.27. The van der Waals surface area contributed by atoms with E-state index in [9.17, 15) is 14.4 Å². The van der Waals surface area contributed by atoms with Gasteiger partial charge in [-0.25, -0.2) is 4.79 Å². The van der Waals surface area contributed by atoms with Crippen molar-refractivity contribution < 1.29 is 19.1 Å². The molecule has 3 heterocycles. The van der Waals surface area contributed by atoms with Gasteiger partial charge in [-0.3, -0.25) is 14.5 Å². The maximum Gasteiger partial charge on any atom is 0.326 e. The predicted molar refractivity (Wildman–Crippen MR) is 155 cm³/mol. The Morgan fingerprint density at radius 3 is 2.60 bits per heavy atom.